The maximum Gasteiger partial charge on any atom is 0.258 e. The Kier molecular flexibility index (Phi) is 3.12. The highest BCUT2D eigenvalue weighted by molar-refractivity contribution is 6.30. The van der Waals surface area contributed by atoms with Gasteiger partial charge in [-0.15, -0.1) is 12.4 Å². The number of hydrogen-bond acceptors (Lipinski definition) is 3. The number of halogens is 1. The number of hydrogen-bond donors (Lipinski definition) is 0. The van der Waals surface area contributed by atoms with Gasteiger partial charge in [0.2, 0.25) is 0 Å². The van der Waals surface area contributed by atoms with Gasteiger partial charge in [-0.05, 0) is 12.1 Å². The Bertz CT molecular complexity index is 644. The Morgan fingerprint density at radius 2 is 1.72 bits per heavy atom. The molecule has 1 aliphatic heterocycles. The van der Waals surface area contributed by atoms with Crippen LogP contribution in [0.1, 0.15) is 0 Å². The number of amides is 2. The van der Waals surface area contributed by atoms with Gasteiger partial charge in [-0.3, -0.25) is 14.6 Å². The second-order valence-electron chi connectivity index (χ2n) is 3.72. The minimum absolute atomic E-state index is 0. The SMILES string of the molecule is Cl.O=C1C=CC(=O)N1c1cccc2cnccc12. The number of aromatic nitrogens is 1. The molecular weight excluding hydrogens is 252 g/mol. The fraction of sp³-hybridized carbons (Fsp3) is 0. The molecule has 0 bridgehead atoms. The Morgan fingerprint density at radius 3 is 2.44 bits per heavy atom. The average molecular weight is 261 g/mol. The molecular formula is C13H9ClN2O2. The molecule has 2 amide bonds. The largest absolute Gasteiger partial charge is 0.269 e. The highest BCUT2D eigenvalue weighted by atomic mass is 35.5. The Balaban J connectivity index is 0.00000120. The Hall–Kier alpha value is -2.20. The molecule has 2 aromatic rings. The maximum atomic E-state index is 11.6. The summed E-state index contributed by atoms with van der Waals surface area (Å²) in [5.41, 5.74) is 0.602. The van der Waals surface area contributed by atoms with Crippen LogP contribution in [0.4, 0.5) is 5.69 Å². The van der Waals surface area contributed by atoms with Crippen molar-refractivity contribution in [2.75, 3.05) is 4.90 Å². The predicted molar refractivity (Wildman–Crippen MR) is 70.6 cm³/mol. The topological polar surface area (TPSA) is 50.3 Å². The van der Waals surface area contributed by atoms with Crippen LogP contribution in [0.5, 0.6) is 0 Å². The summed E-state index contributed by atoms with van der Waals surface area (Å²) in [5.74, 6) is -0.612. The van der Waals surface area contributed by atoms with Gasteiger partial charge in [0.25, 0.3) is 11.8 Å². The van der Waals surface area contributed by atoms with Crippen molar-refractivity contribution in [3.8, 4) is 0 Å². The van der Waals surface area contributed by atoms with Crippen LogP contribution in [0.15, 0.2) is 48.8 Å². The van der Waals surface area contributed by atoms with Crippen molar-refractivity contribution >= 4 is 40.7 Å². The van der Waals surface area contributed by atoms with Crippen molar-refractivity contribution in [3.05, 3.63) is 48.8 Å². The molecule has 0 saturated carbocycles. The lowest BCUT2D eigenvalue weighted by Gasteiger charge is -2.15. The lowest BCUT2D eigenvalue weighted by Crippen LogP contribution is -2.29. The first-order valence-electron chi connectivity index (χ1n) is 5.16. The number of imide groups is 1. The summed E-state index contributed by atoms with van der Waals surface area (Å²) in [4.78, 5) is 28.4. The van der Waals surface area contributed by atoms with Gasteiger partial charge < -0.3 is 0 Å². The minimum Gasteiger partial charge on any atom is -0.269 e. The monoisotopic (exact) mass is 260 g/mol. The fourth-order valence-electron chi connectivity index (χ4n) is 1.94. The van der Waals surface area contributed by atoms with E-state index in [9.17, 15) is 9.59 Å². The zero-order chi connectivity index (χ0) is 11.8. The van der Waals surface area contributed by atoms with Gasteiger partial charge in [0, 0.05) is 35.3 Å². The van der Waals surface area contributed by atoms with Crippen molar-refractivity contribution in [3.63, 3.8) is 0 Å². The Morgan fingerprint density at radius 1 is 1.00 bits per heavy atom. The zero-order valence-corrected chi connectivity index (χ0v) is 10.1. The lowest BCUT2D eigenvalue weighted by atomic mass is 10.1. The molecule has 0 unspecified atom stereocenters. The minimum atomic E-state index is -0.306. The van der Waals surface area contributed by atoms with E-state index < -0.39 is 0 Å². The van der Waals surface area contributed by atoms with E-state index in [1.165, 1.54) is 17.1 Å². The summed E-state index contributed by atoms with van der Waals surface area (Å²) in [6.07, 6.45) is 5.91. The Labute approximate surface area is 109 Å². The number of benzene rings is 1. The number of anilines is 1. The van der Waals surface area contributed by atoms with Crippen LogP contribution in [0.25, 0.3) is 10.8 Å². The van der Waals surface area contributed by atoms with Crippen LogP contribution in [-0.4, -0.2) is 16.8 Å². The van der Waals surface area contributed by atoms with Crippen LogP contribution in [-0.2, 0) is 9.59 Å². The molecule has 0 atom stereocenters. The molecule has 18 heavy (non-hydrogen) atoms. The first-order chi connectivity index (χ1) is 8.27. The van der Waals surface area contributed by atoms with Crippen molar-refractivity contribution in [1.82, 2.24) is 4.98 Å². The first-order valence-corrected chi connectivity index (χ1v) is 5.16. The first kappa shape index (κ1) is 12.3. The molecule has 0 N–H and O–H groups in total. The fourth-order valence-corrected chi connectivity index (χ4v) is 1.94. The number of carbonyl (C=O) groups is 2. The number of rotatable bonds is 1. The van der Waals surface area contributed by atoms with Crippen molar-refractivity contribution in [2.45, 2.75) is 0 Å². The predicted octanol–water partition coefficient (Wildman–Crippen LogP) is 2.09. The third-order valence-electron chi connectivity index (χ3n) is 2.71. The van der Waals surface area contributed by atoms with Gasteiger partial charge in [0.05, 0.1) is 5.69 Å². The third-order valence-corrected chi connectivity index (χ3v) is 2.71. The second-order valence-corrected chi connectivity index (χ2v) is 3.72. The van der Waals surface area contributed by atoms with Gasteiger partial charge in [0.15, 0.2) is 0 Å². The molecule has 0 fully saturated rings. The highest BCUT2D eigenvalue weighted by Crippen LogP contribution is 2.28. The number of pyridine rings is 1. The summed E-state index contributed by atoms with van der Waals surface area (Å²) in [6.45, 7) is 0. The van der Waals surface area contributed by atoms with Gasteiger partial charge in [-0.25, -0.2) is 4.90 Å². The van der Waals surface area contributed by atoms with Crippen LogP contribution < -0.4 is 4.90 Å². The lowest BCUT2D eigenvalue weighted by molar-refractivity contribution is -0.119. The number of nitrogens with zero attached hydrogens (tertiary/aromatic N) is 2. The van der Waals surface area contributed by atoms with Crippen LogP contribution in [0.3, 0.4) is 0 Å². The van der Waals surface area contributed by atoms with Crippen molar-refractivity contribution in [2.24, 2.45) is 0 Å². The van der Waals surface area contributed by atoms with E-state index in [-0.39, 0.29) is 24.2 Å². The van der Waals surface area contributed by atoms with Crippen molar-refractivity contribution < 1.29 is 9.59 Å². The number of fused-ring (bicyclic) bond motifs is 1. The molecule has 0 radical (unpaired) electrons. The van der Waals surface area contributed by atoms with E-state index in [0.29, 0.717) is 5.69 Å². The molecule has 2 heterocycles. The van der Waals surface area contributed by atoms with E-state index >= 15 is 0 Å². The van der Waals surface area contributed by atoms with Crippen LogP contribution in [0, 0.1) is 0 Å². The molecule has 0 spiro atoms. The third kappa shape index (κ3) is 1.76. The summed E-state index contributed by atoms with van der Waals surface area (Å²) in [7, 11) is 0. The normalized spacial score (nSPS) is 14.1. The summed E-state index contributed by atoms with van der Waals surface area (Å²) >= 11 is 0. The quantitative estimate of drug-likeness (QED) is 0.738. The molecule has 1 aliphatic rings. The zero-order valence-electron chi connectivity index (χ0n) is 9.24. The summed E-state index contributed by atoms with van der Waals surface area (Å²) in [5, 5.41) is 1.74. The maximum absolute atomic E-state index is 11.6. The standard InChI is InChI=1S/C13H8N2O2.ClH/c16-12-4-5-13(17)15(12)11-3-1-2-9-8-14-7-6-10(9)11;/h1-8H;1H. The molecule has 3 rings (SSSR count). The molecule has 90 valence electrons. The average Bonchev–Trinajstić information content (AvgIpc) is 2.69. The number of carbonyl (C=O) groups excluding carboxylic acids is 2. The van der Waals surface area contributed by atoms with E-state index in [0.717, 1.165) is 10.8 Å². The highest BCUT2D eigenvalue weighted by Gasteiger charge is 2.26. The van der Waals surface area contributed by atoms with Crippen LogP contribution in [0.2, 0.25) is 0 Å². The molecule has 4 nitrogen and oxygen atoms in total. The van der Waals surface area contributed by atoms with E-state index in [1.807, 2.05) is 6.07 Å². The molecule has 1 aromatic carbocycles. The molecule has 0 aliphatic carbocycles. The molecule has 0 saturated heterocycles. The second kappa shape index (κ2) is 4.58. The van der Waals surface area contributed by atoms with Gasteiger partial charge in [-0.2, -0.15) is 0 Å². The summed E-state index contributed by atoms with van der Waals surface area (Å²) in [6, 6.07) is 7.25. The molecule has 1 aromatic heterocycles. The molecule has 5 heteroatoms. The van der Waals surface area contributed by atoms with Crippen LogP contribution >= 0.6 is 12.4 Å². The van der Waals surface area contributed by atoms with Crippen molar-refractivity contribution in [1.29, 1.82) is 0 Å². The van der Waals surface area contributed by atoms with Gasteiger partial charge in [-0.1, -0.05) is 12.1 Å². The van der Waals surface area contributed by atoms with Gasteiger partial charge in [0.1, 0.15) is 0 Å². The van der Waals surface area contributed by atoms with E-state index in [2.05, 4.69) is 4.98 Å². The van der Waals surface area contributed by atoms with E-state index in [1.54, 1.807) is 30.6 Å². The van der Waals surface area contributed by atoms with E-state index in [4.69, 9.17) is 0 Å². The summed E-state index contributed by atoms with van der Waals surface area (Å²) < 4.78 is 0. The van der Waals surface area contributed by atoms with Gasteiger partial charge >= 0.3 is 0 Å². The smallest absolute Gasteiger partial charge is 0.258 e.